The van der Waals surface area contributed by atoms with Gasteiger partial charge in [0.2, 0.25) is 0 Å². The van der Waals surface area contributed by atoms with E-state index in [4.69, 9.17) is 4.74 Å². The van der Waals surface area contributed by atoms with Crippen LogP contribution in [0.25, 0.3) is 0 Å². The molecular formula is C14H26O2. The maximum absolute atomic E-state index is 11.9. The monoisotopic (exact) mass is 226 g/mol. The van der Waals surface area contributed by atoms with Gasteiger partial charge in [-0.05, 0) is 37.5 Å². The van der Waals surface area contributed by atoms with Crippen molar-refractivity contribution in [1.29, 1.82) is 0 Å². The van der Waals surface area contributed by atoms with Gasteiger partial charge >= 0.3 is 5.97 Å². The summed E-state index contributed by atoms with van der Waals surface area (Å²) in [6, 6.07) is 0. The standard InChI is InChI=1S/C14H26O2/c1-11(10-14(2,3)4)13(15)16-12-8-6-5-7-9-12/h11-12H,5-10H2,1-4H3. The number of carbonyl (C=O) groups is 1. The Kier molecular flexibility index (Phi) is 4.82. The van der Waals surface area contributed by atoms with Crippen LogP contribution in [0.1, 0.15) is 66.2 Å². The zero-order chi connectivity index (χ0) is 12.2. The Morgan fingerprint density at radius 3 is 2.31 bits per heavy atom. The highest BCUT2D eigenvalue weighted by atomic mass is 16.5. The summed E-state index contributed by atoms with van der Waals surface area (Å²) in [5.74, 6) is 0.0313. The molecule has 2 heteroatoms. The van der Waals surface area contributed by atoms with Crippen LogP contribution in [0.15, 0.2) is 0 Å². The van der Waals surface area contributed by atoms with Gasteiger partial charge in [-0.25, -0.2) is 0 Å². The van der Waals surface area contributed by atoms with Gasteiger partial charge in [-0.2, -0.15) is 0 Å². The molecule has 0 heterocycles. The molecule has 0 bridgehead atoms. The summed E-state index contributed by atoms with van der Waals surface area (Å²) in [4.78, 5) is 11.9. The molecule has 2 nitrogen and oxygen atoms in total. The molecule has 94 valence electrons. The van der Waals surface area contributed by atoms with E-state index < -0.39 is 0 Å². The molecule has 0 aliphatic heterocycles. The molecule has 0 spiro atoms. The summed E-state index contributed by atoms with van der Waals surface area (Å²) < 4.78 is 5.56. The van der Waals surface area contributed by atoms with E-state index >= 15 is 0 Å². The molecule has 0 radical (unpaired) electrons. The highest BCUT2D eigenvalue weighted by molar-refractivity contribution is 5.72. The second-order valence-corrected chi connectivity index (χ2v) is 6.36. The second kappa shape index (κ2) is 5.70. The summed E-state index contributed by atoms with van der Waals surface area (Å²) in [5.41, 5.74) is 0.199. The number of ether oxygens (including phenoxy) is 1. The van der Waals surface area contributed by atoms with Crippen LogP contribution in [0.4, 0.5) is 0 Å². The molecule has 1 aliphatic rings. The van der Waals surface area contributed by atoms with Gasteiger partial charge in [-0.15, -0.1) is 0 Å². The Balaban J connectivity index is 2.33. The second-order valence-electron chi connectivity index (χ2n) is 6.36. The van der Waals surface area contributed by atoms with Crippen LogP contribution in [-0.4, -0.2) is 12.1 Å². The van der Waals surface area contributed by atoms with Crippen molar-refractivity contribution in [3.8, 4) is 0 Å². The van der Waals surface area contributed by atoms with E-state index in [0.29, 0.717) is 0 Å². The molecule has 1 rings (SSSR count). The van der Waals surface area contributed by atoms with E-state index in [-0.39, 0.29) is 23.4 Å². The fraction of sp³-hybridized carbons (Fsp3) is 0.929. The van der Waals surface area contributed by atoms with Crippen molar-refractivity contribution in [3.63, 3.8) is 0 Å². The Labute approximate surface area is 99.8 Å². The maximum Gasteiger partial charge on any atom is 0.308 e. The lowest BCUT2D eigenvalue weighted by molar-refractivity contribution is -0.155. The normalized spacial score (nSPS) is 20.5. The molecule has 1 atom stereocenters. The van der Waals surface area contributed by atoms with E-state index in [0.717, 1.165) is 19.3 Å². The van der Waals surface area contributed by atoms with Gasteiger partial charge in [0.05, 0.1) is 5.92 Å². The van der Waals surface area contributed by atoms with Gasteiger partial charge in [-0.3, -0.25) is 4.79 Å². The zero-order valence-corrected chi connectivity index (χ0v) is 11.2. The molecule has 1 fully saturated rings. The molecule has 0 saturated heterocycles. The molecule has 1 aliphatic carbocycles. The minimum absolute atomic E-state index is 0.00169. The lowest BCUT2D eigenvalue weighted by atomic mass is 9.85. The third-order valence-electron chi connectivity index (χ3n) is 3.16. The SMILES string of the molecule is CC(CC(C)(C)C)C(=O)OC1CCCCC1. The van der Waals surface area contributed by atoms with Crippen molar-refractivity contribution in [2.75, 3.05) is 0 Å². The first-order valence-corrected chi connectivity index (χ1v) is 6.59. The molecule has 1 unspecified atom stereocenters. The lowest BCUT2D eigenvalue weighted by Gasteiger charge is -2.26. The largest absolute Gasteiger partial charge is 0.462 e. The Hall–Kier alpha value is -0.530. The van der Waals surface area contributed by atoms with Crippen LogP contribution in [0.3, 0.4) is 0 Å². The van der Waals surface area contributed by atoms with Crippen molar-refractivity contribution in [2.24, 2.45) is 11.3 Å². The maximum atomic E-state index is 11.9. The number of hydrogen-bond acceptors (Lipinski definition) is 2. The summed E-state index contributed by atoms with van der Waals surface area (Å²) in [6.07, 6.45) is 6.95. The van der Waals surface area contributed by atoms with Crippen LogP contribution in [-0.2, 0) is 9.53 Å². The van der Waals surface area contributed by atoms with Crippen molar-refractivity contribution >= 4 is 5.97 Å². The fourth-order valence-corrected chi connectivity index (χ4v) is 2.47. The minimum atomic E-state index is 0.00169. The zero-order valence-electron chi connectivity index (χ0n) is 11.2. The average molecular weight is 226 g/mol. The molecule has 0 aromatic carbocycles. The third-order valence-corrected chi connectivity index (χ3v) is 3.16. The van der Waals surface area contributed by atoms with Gasteiger partial charge in [0.1, 0.15) is 6.10 Å². The van der Waals surface area contributed by atoms with Gasteiger partial charge < -0.3 is 4.74 Å². The topological polar surface area (TPSA) is 26.3 Å². The number of esters is 1. The lowest BCUT2D eigenvalue weighted by Crippen LogP contribution is -2.27. The number of hydrogen-bond donors (Lipinski definition) is 0. The first-order chi connectivity index (χ1) is 7.38. The smallest absolute Gasteiger partial charge is 0.308 e. The van der Waals surface area contributed by atoms with Crippen molar-refractivity contribution in [2.45, 2.75) is 72.3 Å². The highest BCUT2D eigenvalue weighted by Crippen LogP contribution is 2.27. The summed E-state index contributed by atoms with van der Waals surface area (Å²) in [6.45, 7) is 8.47. The van der Waals surface area contributed by atoms with E-state index in [1.54, 1.807) is 0 Å². The van der Waals surface area contributed by atoms with Crippen molar-refractivity contribution in [1.82, 2.24) is 0 Å². The van der Waals surface area contributed by atoms with Crippen LogP contribution >= 0.6 is 0 Å². The van der Waals surface area contributed by atoms with Gasteiger partial charge in [0.25, 0.3) is 0 Å². The Morgan fingerprint density at radius 1 is 1.25 bits per heavy atom. The third kappa shape index (κ3) is 5.00. The summed E-state index contributed by atoms with van der Waals surface area (Å²) in [5, 5.41) is 0. The molecule has 16 heavy (non-hydrogen) atoms. The predicted molar refractivity (Wildman–Crippen MR) is 66.2 cm³/mol. The number of rotatable bonds is 3. The Morgan fingerprint density at radius 2 is 1.81 bits per heavy atom. The summed E-state index contributed by atoms with van der Waals surface area (Å²) >= 11 is 0. The van der Waals surface area contributed by atoms with Gasteiger partial charge in [-0.1, -0.05) is 34.1 Å². The first-order valence-electron chi connectivity index (χ1n) is 6.59. The minimum Gasteiger partial charge on any atom is -0.462 e. The quantitative estimate of drug-likeness (QED) is 0.681. The Bertz CT molecular complexity index is 221. The molecule has 0 aromatic rings. The van der Waals surface area contributed by atoms with Crippen LogP contribution in [0.2, 0.25) is 0 Å². The van der Waals surface area contributed by atoms with Gasteiger partial charge in [0, 0.05) is 0 Å². The predicted octanol–water partition coefficient (Wildman–Crippen LogP) is 3.93. The van der Waals surface area contributed by atoms with E-state index in [9.17, 15) is 4.79 Å². The van der Waals surface area contributed by atoms with Crippen LogP contribution in [0.5, 0.6) is 0 Å². The van der Waals surface area contributed by atoms with Gasteiger partial charge in [0.15, 0.2) is 0 Å². The average Bonchev–Trinajstić information content (AvgIpc) is 2.16. The highest BCUT2D eigenvalue weighted by Gasteiger charge is 2.25. The van der Waals surface area contributed by atoms with E-state index in [1.807, 2.05) is 6.92 Å². The van der Waals surface area contributed by atoms with Crippen LogP contribution < -0.4 is 0 Å². The summed E-state index contributed by atoms with van der Waals surface area (Å²) in [7, 11) is 0. The van der Waals surface area contributed by atoms with Crippen molar-refractivity contribution in [3.05, 3.63) is 0 Å². The van der Waals surface area contributed by atoms with Crippen molar-refractivity contribution < 1.29 is 9.53 Å². The van der Waals surface area contributed by atoms with Crippen LogP contribution in [0, 0.1) is 11.3 Å². The molecule has 0 N–H and O–H groups in total. The molecule has 1 saturated carbocycles. The number of carbonyl (C=O) groups excluding carboxylic acids is 1. The molecular weight excluding hydrogens is 200 g/mol. The van der Waals surface area contributed by atoms with E-state index in [2.05, 4.69) is 20.8 Å². The van der Waals surface area contributed by atoms with E-state index in [1.165, 1.54) is 19.3 Å². The molecule has 0 amide bonds. The fourth-order valence-electron chi connectivity index (χ4n) is 2.47. The first kappa shape index (κ1) is 13.5. The molecule has 0 aromatic heterocycles.